The minimum atomic E-state index is -0.308. The molecule has 10 heteroatoms. The standard InChI is InChI=1S/C25H38N6O4/c1-18(2)30-15-20(23-21(16-30)25(34)31(27-23)19-7-5-4-6-8-19)24(33)29-12-10-28(11-13-29)17-22(32)26-9-14-35-3/h4-8,18,20-21,23,27H,9-17H2,1-3H3,(H,26,32). The van der Waals surface area contributed by atoms with Crippen LogP contribution in [-0.4, -0.2) is 111 Å². The highest BCUT2D eigenvalue weighted by atomic mass is 16.5. The van der Waals surface area contributed by atoms with Gasteiger partial charge in [-0.05, 0) is 26.0 Å². The molecule has 3 aliphatic heterocycles. The Hall–Kier alpha value is -2.53. The van der Waals surface area contributed by atoms with Crippen molar-refractivity contribution < 1.29 is 19.1 Å². The lowest BCUT2D eigenvalue weighted by Gasteiger charge is -2.43. The second-order valence-electron chi connectivity index (χ2n) is 9.87. The maximum Gasteiger partial charge on any atom is 0.247 e. The van der Waals surface area contributed by atoms with Crippen LogP contribution in [0.5, 0.6) is 0 Å². The lowest BCUT2D eigenvalue weighted by atomic mass is 9.83. The number of hydrogen-bond acceptors (Lipinski definition) is 7. The number of rotatable bonds is 8. The first-order chi connectivity index (χ1) is 16.9. The lowest BCUT2D eigenvalue weighted by molar-refractivity contribution is -0.141. The number of methoxy groups -OCH3 is 1. The van der Waals surface area contributed by atoms with Crippen LogP contribution in [0, 0.1) is 11.8 Å². The number of hydrazine groups is 1. The topological polar surface area (TPSA) is 97.5 Å². The molecule has 3 heterocycles. The molecule has 192 valence electrons. The van der Waals surface area contributed by atoms with Crippen molar-refractivity contribution in [1.82, 2.24) is 25.4 Å². The monoisotopic (exact) mass is 486 g/mol. The zero-order chi connectivity index (χ0) is 24.9. The molecule has 3 aliphatic rings. The Bertz CT molecular complexity index is 889. The van der Waals surface area contributed by atoms with E-state index in [9.17, 15) is 14.4 Å². The predicted octanol–water partition coefficient (Wildman–Crippen LogP) is -0.230. The molecule has 1 aromatic carbocycles. The zero-order valence-electron chi connectivity index (χ0n) is 21.0. The third-order valence-corrected chi connectivity index (χ3v) is 7.29. The van der Waals surface area contributed by atoms with E-state index in [1.807, 2.05) is 35.2 Å². The third-order valence-electron chi connectivity index (χ3n) is 7.29. The number of benzene rings is 1. The average Bonchev–Trinajstić information content (AvgIpc) is 3.20. The number of carbonyl (C=O) groups is 3. The van der Waals surface area contributed by atoms with E-state index in [-0.39, 0.29) is 41.6 Å². The predicted molar refractivity (Wildman–Crippen MR) is 132 cm³/mol. The maximum atomic E-state index is 13.7. The Labute approximate surface area is 207 Å². The third kappa shape index (κ3) is 5.83. The number of para-hydroxylation sites is 1. The molecule has 2 N–H and O–H groups in total. The van der Waals surface area contributed by atoms with E-state index in [4.69, 9.17) is 4.74 Å². The molecule has 3 amide bonds. The first-order valence-electron chi connectivity index (χ1n) is 12.5. The molecule has 0 saturated carbocycles. The van der Waals surface area contributed by atoms with E-state index < -0.39 is 0 Å². The first-order valence-corrected chi connectivity index (χ1v) is 12.5. The molecule has 0 aliphatic carbocycles. The molecule has 3 unspecified atom stereocenters. The van der Waals surface area contributed by atoms with Crippen molar-refractivity contribution in [2.24, 2.45) is 11.8 Å². The summed E-state index contributed by atoms with van der Waals surface area (Å²) in [5, 5.41) is 4.47. The van der Waals surface area contributed by atoms with Crippen LogP contribution >= 0.6 is 0 Å². The van der Waals surface area contributed by atoms with E-state index in [1.54, 1.807) is 12.1 Å². The van der Waals surface area contributed by atoms with Crippen molar-refractivity contribution in [1.29, 1.82) is 0 Å². The number of carbonyl (C=O) groups excluding carboxylic acids is 3. The molecule has 3 fully saturated rings. The fourth-order valence-electron chi connectivity index (χ4n) is 5.22. The summed E-state index contributed by atoms with van der Waals surface area (Å²) in [6, 6.07) is 9.58. The number of amides is 3. The van der Waals surface area contributed by atoms with Crippen LogP contribution in [0.2, 0.25) is 0 Å². The van der Waals surface area contributed by atoms with Crippen LogP contribution in [-0.2, 0) is 19.1 Å². The zero-order valence-corrected chi connectivity index (χ0v) is 21.0. The van der Waals surface area contributed by atoms with Crippen molar-refractivity contribution in [3.63, 3.8) is 0 Å². The highest BCUT2D eigenvalue weighted by Gasteiger charge is 2.52. The molecule has 10 nitrogen and oxygen atoms in total. The smallest absolute Gasteiger partial charge is 0.247 e. The number of piperidine rings is 1. The van der Waals surface area contributed by atoms with Gasteiger partial charge in [-0.2, -0.15) is 0 Å². The Kier molecular flexibility index (Phi) is 8.38. The summed E-state index contributed by atoms with van der Waals surface area (Å²) in [5.74, 6) is -0.493. The Morgan fingerprint density at radius 3 is 2.49 bits per heavy atom. The lowest BCUT2D eigenvalue weighted by Crippen LogP contribution is -2.60. The highest BCUT2D eigenvalue weighted by Crippen LogP contribution is 2.33. The van der Waals surface area contributed by atoms with Gasteiger partial charge in [-0.15, -0.1) is 0 Å². The summed E-state index contributed by atoms with van der Waals surface area (Å²) < 4.78 is 4.97. The normalized spacial score (nSPS) is 25.7. The van der Waals surface area contributed by atoms with Crippen LogP contribution in [0.4, 0.5) is 5.69 Å². The fraction of sp³-hybridized carbons (Fsp3) is 0.640. The largest absolute Gasteiger partial charge is 0.383 e. The van der Waals surface area contributed by atoms with Gasteiger partial charge < -0.3 is 15.0 Å². The van der Waals surface area contributed by atoms with Gasteiger partial charge in [0.2, 0.25) is 17.7 Å². The summed E-state index contributed by atoms with van der Waals surface area (Å²) in [7, 11) is 1.60. The Morgan fingerprint density at radius 1 is 1.11 bits per heavy atom. The number of likely N-dealkylation sites (tertiary alicyclic amines) is 1. The molecule has 0 aromatic heterocycles. The van der Waals surface area contributed by atoms with E-state index in [0.29, 0.717) is 59.0 Å². The molecule has 1 aromatic rings. The number of nitrogens with one attached hydrogen (secondary N) is 2. The number of nitrogens with zero attached hydrogens (tertiary/aromatic N) is 4. The molecule has 0 spiro atoms. The van der Waals surface area contributed by atoms with Crippen molar-refractivity contribution in [2.75, 3.05) is 71.1 Å². The SMILES string of the molecule is COCCNC(=O)CN1CCN(C(=O)C2CN(C(C)C)CC3C(=O)N(c4ccccc4)NC23)CC1. The van der Waals surface area contributed by atoms with Gasteiger partial charge in [0.25, 0.3) is 0 Å². The highest BCUT2D eigenvalue weighted by molar-refractivity contribution is 5.98. The number of anilines is 1. The maximum absolute atomic E-state index is 13.7. The van der Waals surface area contributed by atoms with Crippen LogP contribution in [0.1, 0.15) is 13.8 Å². The molecule has 3 saturated heterocycles. The molecular formula is C25H38N6O4. The molecule has 3 atom stereocenters. The van der Waals surface area contributed by atoms with Crippen LogP contribution in [0.25, 0.3) is 0 Å². The molecule has 35 heavy (non-hydrogen) atoms. The van der Waals surface area contributed by atoms with E-state index in [1.165, 1.54) is 0 Å². The molecule has 4 rings (SSSR count). The van der Waals surface area contributed by atoms with Gasteiger partial charge >= 0.3 is 0 Å². The summed E-state index contributed by atoms with van der Waals surface area (Å²) in [6.45, 7) is 9.27. The first kappa shape index (κ1) is 25.6. The summed E-state index contributed by atoms with van der Waals surface area (Å²) in [4.78, 5) is 45.4. The van der Waals surface area contributed by atoms with Gasteiger partial charge in [0, 0.05) is 59.0 Å². The van der Waals surface area contributed by atoms with Gasteiger partial charge in [-0.1, -0.05) is 18.2 Å². The van der Waals surface area contributed by atoms with Gasteiger partial charge in [0.15, 0.2) is 0 Å². The van der Waals surface area contributed by atoms with Gasteiger partial charge in [-0.3, -0.25) is 24.2 Å². The van der Waals surface area contributed by atoms with E-state index >= 15 is 0 Å². The molecular weight excluding hydrogens is 448 g/mol. The average molecular weight is 487 g/mol. The number of ether oxygens (including phenoxy) is 1. The number of piperazine rings is 1. The van der Waals surface area contributed by atoms with Crippen LogP contribution in [0.3, 0.4) is 0 Å². The summed E-state index contributed by atoms with van der Waals surface area (Å²) in [5.41, 5.74) is 4.18. The van der Waals surface area contributed by atoms with Gasteiger partial charge in [-0.25, -0.2) is 10.4 Å². The van der Waals surface area contributed by atoms with Crippen molar-refractivity contribution in [3.8, 4) is 0 Å². The van der Waals surface area contributed by atoms with E-state index in [2.05, 4.69) is 34.4 Å². The van der Waals surface area contributed by atoms with Gasteiger partial charge in [0.05, 0.1) is 36.7 Å². The Balaban J connectivity index is 1.40. The summed E-state index contributed by atoms with van der Waals surface area (Å²) in [6.07, 6.45) is 0. The molecule has 0 bridgehead atoms. The van der Waals surface area contributed by atoms with Crippen LogP contribution < -0.4 is 15.8 Å². The van der Waals surface area contributed by atoms with Crippen molar-refractivity contribution >= 4 is 23.4 Å². The minimum Gasteiger partial charge on any atom is -0.383 e. The van der Waals surface area contributed by atoms with E-state index in [0.717, 1.165) is 5.69 Å². The Morgan fingerprint density at radius 2 is 1.83 bits per heavy atom. The quantitative estimate of drug-likeness (QED) is 0.490. The van der Waals surface area contributed by atoms with Gasteiger partial charge in [0.1, 0.15) is 0 Å². The fourth-order valence-corrected chi connectivity index (χ4v) is 5.22. The van der Waals surface area contributed by atoms with Crippen LogP contribution in [0.15, 0.2) is 30.3 Å². The second-order valence-corrected chi connectivity index (χ2v) is 9.87. The van der Waals surface area contributed by atoms with Crippen molar-refractivity contribution in [3.05, 3.63) is 30.3 Å². The second kappa shape index (κ2) is 11.5. The number of fused-ring (bicyclic) bond motifs is 1. The van der Waals surface area contributed by atoms with Crippen molar-refractivity contribution in [2.45, 2.75) is 25.9 Å². The molecule has 0 radical (unpaired) electrons. The summed E-state index contributed by atoms with van der Waals surface area (Å²) >= 11 is 0. The minimum absolute atomic E-state index is 0.0219. The number of hydrogen-bond donors (Lipinski definition) is 2.